The van der Waals surface area contributed by atoms with Gasteiger partial charge in [-0.15, -0.1) is 0 Å². The largest absolute Gasteiger partial charge is 0.381 e. The minimum absolute atomic E-state index is 0.464. The van der Waals surface area contributed by atoms with E-state index in [1.54, 1.807) is 12.1 Å². The van der Waals surface area contributed by atoms with Crippen molar-refractivity contribution in [3.8, 4) is 0 Å². The molecular weight excluding hydrogens is 313 g/mol. The Morgan fingerprint density at radius 3 is 2.71 bits per heavy atom. The van der Waals surface area contributed by atoms with Crippen LogP contribution >= 0.6 is 23.2 Å². The van der Waals surface area contributed by atoms with E-state index in [0.29, 0.717) is 54.2 Å². The molecule has 1 aromatic heterocycles. The molecule has 1 aromatic carbocycles. The predicted octanol–water partition coefficient (Wildman–Crippen LogP) is 2.93. The number of rotatable bonds is 3. The summed E-state index contributed by atoms with van der Waals surface area (Å²) in [4.78, 5) is 4.41. The highest BCUT2D eigenvalue weighted by molar-refractivity contribution is 6.35. The molecule has 0 spiro atoms. The van der Waals surface area contributed by atoms with Crippen molar-refractivity contribution >= 4 is 23.2 Å². The summed E-state index contributed by atoms with van der Waals surface area (Å²) in [6, 6.07) is 5.34. The highest BCUT2D eigenvalue weighted by atomic mass is 35.5. The number of hydrogen-bond donors (Lipinski definition) is 1. The fourth-order valence-corrected chi connectivity index (χ4v) is 2.79. The molecule has 1 aliphatic heterocycles. The standard InChI is InChI=1S/C14H15Cl2N3O2/c15-10-2-1-9(11(16)8-10)7-12-18-13(21-19-12)14(17)3-5-20-6-4-14/h1-2,8H,3-7,17H2. The Labute approximate surface area is 132 Å². The molecule has 2 aromatic rings. The lowest BCUT2D eigenvalue weighted by Gasteiger charge is -2.29. The van der Waals surface area contributed by atoms with Crippen molar-refractivity contribution < 1.29 is 9.26 Å². The topological polar surface area (TPSA) is 74.2 Å². The summed E-state index contributed by atoms with van der Waals surface area (Å²) >= 11 is 12.0. The Balaban J connectivity index is 1.78. The van der Waals surface area contributed by atoms with Crippen molar-refractivity contribution in [2.75, 3.05) is 13.2 Å². The van der Waals surface area contributed by atoms with Crippen LogP contribution in [-0.4, -0.2) is 23.4 Å². The van der Waals surface area contributed by atoms with Crippen LogP contribution in [0, 0.1) is 0 Å². The van der Waals surface area contributed by atoms with E-state index in [1.807, 2.05) is 6.07 Å². The summed E-state index contributed by atoms with van der Waals surface area (Å²) in [5.41, 5.74) is 6.62. The van der Waals surface area contributed by atoms with Crippen molar-refractivity contribution in [2.24, 2.45) is 5.73 Å². The van der Waals surface area contributed by atoms with Crippen LogP contribution in [0.3, 0.4) is 0 Å². The van der Waals surface area contributed by atoms with Crippen molar-refractivity contribution in [1.82, 2.24) is 10.1 Å². The molecule has 21 heavy (non-hydrogen) atoms. The third kappa shape index (κ3) is 3.21. The SMILES string of the molecule is NC1(c2nc(Cc3ccc(Cl)cc3Cl)no2)CCOCC1. The number of nitrogens with zero attached hydrogens (tertiary/aromatic N) is 2. The molecule has 1 aliphatic rings. The first-order chi connectivity index (χ1) is 10.1. The molecule has 0 bridgehead atoms. The molecule has 3 rings (SSSR count). The summed E-state index contributed by atoms with van der Waals surface area (Å²) in [7, 11) is 0. The maximum Gasteiger partial charge on any atom is 0.246 e. The average Bonchev–Trinajstić information content (AvgIpc) is 2.92. The summed E-state index contributed by atoms with van der Waals surface area (Å²) in [6.07, 6.45) is 1.83. The van der Waals surface area contributed by atoms with Crippen LogP contribution in [0.1, 0.15) is 30.1 Å². The third-order valence-electron chi connectivity index (χ3n) is 3.64. The first kappa shape index (κ1) is 14.8. The molecule has 0 atom stereocenters. The average molecular weight is 328 g/mol. The summed E-state index contributed by atoms with van der Waals surface area (Å²) < 4.78 is 10.6. The first-order valence-corrected chi connectivity index (χ1v) is 7.46. The number of nitrogens with two attached hydrogens (primary N) is 1. The summed E-state index contributed by atoms with van der Waals surface area (Å²) in [6.45, 7) is 1.22. The van der Waals surface area contributed by atoms with E-state index in [4.69, 9.17) is 38.2 Å². The van der Waals surface area contributed by atoms with Crippen molar-refractivity contribution in [3.63, 3.8) is 0 Å². The minimum atomic E-state index is -0.590. The van der Waals surface area contributed by atoms with Crippen molar-refractivity contribution in [2.45, 2.75) is 24.8 Å². The highest BCUT2D eigenvalue weighted by Gasteiger charge is 2.35. The van der Waals surface area contributed by atoms with Crippen LogP contribution < -0.4 is 5.73 Å². The molecule has 2 N–H and O–H groups in total. The van der Waals surface area contributed by atoms with Gasteiger partial charge in [-0.1, -0.05) is 34.4 Å². The molecule has 1 saturated heterocycles. The van der Waals surface area contributed by atoms with Gasteiger partial charge < -0.3 is 15.0 Å². The van der Waals surface area contributed by atoms with E-state index in [9.17, 15) is 0 Å². The number of ether oxygens (including phenoxy) is 1. The van der Waals surface area contributed by atoms with E-state index in [1.165, 1.54) is 0 Å². The fraction of sp³-hybridized carbons (Fsp3) is 0.429. The summed E-state index contributed by atoms with van der Waals surface area (Å²) in [5.74, 6) is 1.02. The van der Waals surface area contributed by atoms with Gasteiger partial charge in [0.25, 0.3) is 0 Å². The Morgan fingerprint density at radius 2 is 2.00 bits per heavy atom. The monoisotopic (exact) mass is 327 g/mol. The Kier molecular flexibility index (Phi) is 4.17. The lowest BCUT2D eigenvalue weighted by atomic mass is 9.91. The van der Waals surface area contributed by atoms with E-state index in [0.717, 1.165) is 5.56 Å². The molecule has 2 heterocycles. The second kappa shape index (κ2) is 5.93. The molecule has 0 unspecified atom stereocenters. The second-order valence-corrected chi connectivity index (χ2v) is 6.04. The van der Waals surface area contributed by atoms with Gasteiger partial charge in [-0.05, 0) is 30.5 Å². The molecular formula is C14H15Cl2N3O2. The van der Waals surface area contributed by atoms with Gasteiger partial charge in [0, 0.05) is 29.7 Å². The van der Waals surface area contributed by atoms with Gasteiger partial charge in [-0.25, -0.2) is 0 Å². The number of benzene rings is 1. The van der Waals surface area contributed by atoms with E-state index < -0.39 is 5.54 Å². The van der Waals surface area contributed by atoms with Gasteiger partial charge in [0.15, 0.2) is 5.82 Å². The molecule has 0 amide bonds. The quantitative estimate of drug-likeness (QED) is 0.938. The Bertz CT molecular complexity index is 639. The van der Waals surface area contributed by atoms with Gasteiger partial charge in [0.2, 0.25) is 5.89 Å². The highest BCUT2D eigenvalue weighted by Crippen LogP contribution is 2.29. The van der Waals surface area contributed by atoms with Crippen molar-refractivity contribution in [1.29, 1.82) is 0 Å². The maximum atomic E-state index is 6.32. The molecule has 0 aliphatic carbocycles. The van der Waals surface area contributed by atoms with E-state index >= 15 is 0 Å². The molecule has 0 saturated carbocycles. The zero-order valence-electron chi connectivity index (χ0n) is 11.3. The maximum absolute atomic E-state index is 6.32. The van der Waals surface area contributed by atoms with Gasteiger partial charge in [-0.3, -0.25) is 0 Å². The number of hydrogen-bond acceptors (Lipinski definition) is 5. The lowest BCUT2D eigenvalue weighted by molar-refractivity contribution is 0.0400. The van der Waals surface area contributed by atoms with Crippen LogP contribution in [-0.2, 0) is 16.7 Å². The zero-order chi connectivity index (χ0) is 14.9. The molecule has 0 radical (unpaired) electrons. The first-order valence-electron chi connectivity index (χ1n) is 6.70. The van der Waals surface area contributed by atoms with Crippen LogP contribution in [0.4, 0.5) is 0 Å². The smallest absolute Gasteiger partial charge is 0.246 e. The molecule has 1 fully saturated rings. The van der Waals surface area contributed by atoms with Crippen LogP contribution in [0.15, 0.2) is 22.7 Å². The van der Waals surface area contributed by atoms with E-state index in [-0.39, 0.29) is 0 Å². The van der Waals surface area contributed by atoms with Gasteiger partial charge >= 0.3 is 0 Å². The lowest BCUT2D eigenvalue weighted by Crippen LogP contribution is -2.42. The molecule has 112 valence electrons. The van der Waals surface area contributed by atoms with Crippen LogP contribution in [0.25, 0.3) is 0 Å². The normalized spacial score (nSPS) is 17.9. The number of halogens is 2. The van der Waals surface area contributed by atoms with Gasteiger partial charge in [0.05, 0.1) is 0 Å². The van der Waals surface area contributed by atoms with Crippen LogP contribution in [0.2, 0.25) is 10.0 Å². The number of aromatic nitrogens is 2. The molecule has 7 heteroatoms. The summed E-state index contributed by atoms with van der Waals surface area (Å²) in [5, 5.41) is 5.18. The van der Waals surface area contributed by atoms with E-state index in [2.05, 4.69) is 10.1 Å². The predicted molar refractivity (Wildman–Crippen MR) is 79.5 cm³/mol. The van der Waals surface area contributed by atoms with Crippen molar-refractivity contribution in [3.05, 3.63) is 45.5 Å². The minimum Gasteiger partial charge on any atom is -0.381 e. The Hall–Kier alpha value is -1.14. The second-order valence-electron chi connectivity index (χ2n) is 5.20. The third-order valence-corrected chi connectivity index (χ3v) is 4.23. The zero-order valence-corrected chi connectivity index (χ0v) is 12.8. The fourth-order valence-electron chi connectivity index (χ4n) is 2.31. The van der Waals surface area contributed by atoms with Crippen LogP contribution in [0.5, 0.6) is 0 Å². The van der Waals surface area contributed by atoms with Gasteiger partial charge in [-0.2, -0.15) is 4.98 Å². The Morgan fingerprint density at radius 1 is 1.24 bits per heavy atom. The molecule has 5 nitrogen and oxygen atoms in total. The van der Waals surface area contributed by atoms with Gasteiger partial charge in [0.1, 0.15) is 5.54 Å².